The van der Waals surface area contributed by atoms with E-state index in [4.69, 9.17) is 16.0 Å². The highest BCUT2D eigenvalue weighted by Gasteiger charge is 2.12. The molecular weight excluding hydrogens is 354 g/mol. The first-order valence-electron chi connectivity index (χ1n) is 8.02. The molecule has 0 bridgehead atoms. The van der Waals surface area contributed by atoms with E-state index >= 15 is 0 Å². The Hall–Kier alpha value is -2.93. The molecule has 2 aromatic heterocycles. The molecule has 3 aromatic rings. The maximum absolute atomic E-state index is 12.1. The first-order valence-corrected chi connectivity index (χ1v) is 8.39. The lowest BCUT2D eigenvalue weighted by atomic mass is 10.2. The van der Waals surface area contributed by atoms with Gasteiger partial charge in [0.05, 0.1) is 11.2 Å². The summed E-state index contributed by atoms with van der Waals surface area (Å²) in [6.07, 6.45) is 3.63. The van der Waals surface area contributed by atoms with Gasteiger partial charge in [-0.1, -0.05) is 23.7 Å². The largest absolute Gasteiger partial charge is 0.441 e. The number of hydrogen-bond acceptors (Lipinski definition) is 6. The third kappa shape index (κ3) is 4.37. The molecule has 2 heterocycles. The van der Waals surface area contributed by atoms with E-state index in [1.165, 1.54) is 6.33 Å². The van der Waals surface area contributed by atoms with Gasteiger partial charge in [0.2, 0.25) is 5.91 Å². The molecule has 1 aromatic carbocycles. The minimum absolute atomic E-state index is 0.175. The lowest BCUT2D eigenvalue weighted by Crippen LogP contribution is -2.15. The van der Waals surface area contributed by atoms with E-state index in [1.807, 2.05) is 37.2 Å². The van der Waals surface area contributed by atoms with Crippen LogP contribution in [0.15, 0.2) is 47.3 Å². The van der Waals surface area contributed by atoms with Crippen molar-refractivity contribution >= 4 is 29.1 Å². The summed E-state index contributed by atoms with van der Waals surface area (Å²) in [7, 11) is 3.74. The second-order valence-corrected chi connectivity index (χ2v) is 6.21. The molecule has 0 radical (unpaired) electrons. The molecule has 0 atom stereocenters. The van der Waals surface area contributed by atoms with Gasteiger partial charge >= 0.3 is 0 Å². The minimum Gasteiger partial charge on any atom is -0.441 e. The third-order valence-electron chi connectivity index (χ3n) is 3.64. The van der Waals surface area contributed by atoms with Crippen LogP contribution in [0.5, 0.6) is 0 Å². The number of nitrogens with zero attached hydrogens (tertiary/aromatic N) is 4. The van der Waals surface area contributed by atoms with Crippen LogP contribution < -0.4 is 10.2 Å². The molecule has 0 aliphatic heterocycles. The molecule has 0 saturated carbocycles. The van der Waals surface area contributed by atoms with Crippen LogP contribution in [-0.2, 0) is 11.2 Å². The molecule has 0 spiro atoms. The van der Waals surface area contributed by atoms with E-state index in [2.05, 4.69) is 20.3 Å². The Labute approximate surface area is 156 Å². The van der Waals surface area contributed by atoms with Gasteiger partial charge in [-0.15, -0.1) is 0 Å². The maximum Gasteiger partial charge on any atom is 0.226 e. The molecule has 26 heavy (non-hydrogen) atoms. The van der Waals surface area contributed by atoms with Gasteiger partial charge in [-0.05, 0) is 12.1 Å². The highest BCUT2D eigenvalue weighted by molar-refractivity contribution is 6.33. The Morgan fingerprint density at radius 3 is 2.81 bits per heavy atom. The molecule has 1 amide bonds. The summed E-state index contributed by atoms with van der Waals surface area (Å²) in [6.45, 7) is 0. The first-order chi connectivity index (χ1) is 12.5. The van der Waals surface area contributed by atoms with E-state index < -0.39 is 0 Å². The molecule has 0 aliphatic rings. The Balaban J connectivity index is 1.59. The van der Waals surface area contributed by atoms with E-state index in [1.54, 1.807) is 18.3 Å². The number of oxazole rings is 1. The van der Waals surface area contributed by atoms with Crippen LogP contribution in [0.1, 0.15) is 12.3 Å². The summed E-state index contributed by atoms with van der Waals surface area (Å²) in [5, 5.41) is 3.34. The Morgan fingerprint density at radius 2 is 2.04 bits per heavy atom. The lowest BCUT2D eigenvalue weighted by molar-refractivity contribution is -0.116. The fourth-order valence-electron chi connectivity index (χ4n) is 2.30. The van der Waals surface area contributed by atoms with Crippen LogP contribution in [0.25, 0.3) is 11.3 Å². The van der Waals surface area contributed by atoms with Gasteiger partial charge < -0.3 is 14.6 Å². The molecular formula is C18H18ClN5O2. The van der Waals surface area contributed by atoms with Gasteiger partial charge in [-0.25, -0.2) is 15.0 Å². The second-order valence-electron chi connectivity index (χ2n) is 5.80. The molecule has 0 unspecified atom stereocenters. The van der Waals surface area contributed by atoms with Crippen molar-refractivity contribution in [2.75, 3.05) is 24.3 Å². The molecule has 7 nitrogen and oxygen atoms in total. The molecule has 0 fully saturated rings. The van der Waals surface area contributed by atoms with Gasteiger partial charge in [0, 0.05) is 38.6 Å². The number of benzene rings is 1. The van der Waals surface area contributed by atoms with Crippen molar-refractivity contribution in [1.82, 2.24) is 15.0 Å². The number of carbonyl (C=O) groups is 1. The maximum atomic E-state index is 12.1. The standard InChI is InChI=1S/C18H18ClN5O2/c1-24(2)16-9-15(21-11-22-16)23-17(25)7-8-18-20-10-14(26-18)12-5-3-4-6-13(12)19/h3-6,9-11H,7-8H2,1-2H3,(H,21,22,23,25). The van der Waals surface area contributed by atoms with Crippen molar-refractivity contribution in [3.8, 4) is 11.3 Å². The highest BCUT2D eigenvalue weighted by Crippen LogP contribution is 2.28. The van der Waals surface area contributed by atoms with Crippen molar-refractivity contribution in [3.05, 3.63) is 53.8 Å². The number of hydrogen-bond donors (Lipinski definition) is 1. The van der Waals surface area contributed by atoms with Gasteiger partial charge in [-0.3, -0.25) is 4.79 Å². The molecule has 1 N–H and O–H groups in total. The first kappa shape index (κ1) is 17.9. The van der Waals surface area contributed by atoms with Crippen molar-refractivity contribution in [1.29, 1.82) is 0 Å². The summed E-state index contributed by atoms with van der Waals surface area (Å²) in [5.74, 6) is 2.06. The topological polar surface area (TPSA) is 84.2 Å². The van der Waals surface area contributed by atoms with Gasteiger partial charge in [0.15, 0.2) is 11.7 Å². The van der Waals surface area contributed by atoms with E-state index in [0.717, 1.165) is 5.56 Å². The predicted octanol–water partition coefficient (Wildman–Crippen LogP) is 3.42. The number of aryl methyl sites for hydroxylation is 1. The van der Waals surface area contributed by atoms with Gasteiger partial charge in [0.1, 0.15) is 18.0 Å². The van der Waals surface area contributed by atoms with Crippen molar-refractivity contribution < 1.29 is 9.21 Å². The van der Waals surface area contributed by atoms with Crippen LogP contribution in [0.4, 0.5) is 11.6 Å². The van der Waals surface area contributed by atoms with Crippen LogP contribution >= 0.6 is 11.6 Å². The number of anilines is 2. The molecule has 0 aliphatic carbocycles. The third-order valence-corrected chi connectivity index (χ3v) is 3.97. The Morgan fingerprint density at radius 1 is 1.23 bits per heavy atom. The molecule has 134 valence electrons. The van der Waals surface area contributed by atoms with Crippen molar-refractivity contribution in [3.63, 3.8) is 0 Å². The van der Waals surface area contributed by atoms with Crippen LogP contribution in [0.2, 0.25) is 5.02 Å². The van der Waals surface area contributed by atoms with Crippen molar-refractivity contribution in [2.24, 2.45) is 0 Å². The summed E-state index contributed by atoms with van der Waals surface area (Å²) in [5.41, 5.74) is 0.773. The fourth-order valence-corrected chi connectivity index (χ4v) is 2.53. The normalized spacial score (nSPS) is 10.6. The molecule has 0 saturated heterocycles. The Kier molecular flexibility index (Phi) is 5.48. The monoisotopic (exact) mass is 371 g/mol. The summed E-state index contributed by atoms with van der Waals surface area (Å²) < 4.78 is 5.69. The fraction of sp³-hybridized carbons (Fsp3) is 0.222. The number of rotatable bonds is 6. The Bertz CT molecular complexity index is 910. The quantitative estimate of drug-likeness (QED) is 0.714. The summed E-state index contributed by atoms with van der Waals surface area (Å²) in [6, 6.07) is 9.08. The highest BCUT2D eigenvalue weighted by atomic mass is 35.5. The smallest absolute Gasteiger partial charge is 0.226 e. The van der Waals surface area contributed by atoms with Crippen LogP contribution in [0, 0.1) is 0 Å². The van der Waals surface area contributed by atoms with Crippen LogP contribution in [0.3, 0.4) is 0 Å². The number of nitrogens with one attached hydrogen (secondary N) is 1. The van der Waals surface area contributed by atoms with E-state index in [9.17, 15) is 4.79 Å². The van der Waals surface area contributed by atoms with Crippen molar-refractivity contribution in [2.45, 2.75) is 12.8 Å². The zero-order valence-corrected chi connectivity index (χ0v) is 15.2. The minimum atomic E-state index is -0.175. The average Bonchev–Trinajstić information content (AvgIpc) is 3.09. The van der Waals surface area contributed by atoms with Gasteiger partial charge in [0.25, 0.3) is 0 Å². The number of amides is 1. The summed E-state index contributed by atoms with van der Waals surface area (Å²) >= 11 is 6.15. The zero-order valence-electron chi connectivity index (χ0n) is 14.4. The number of carbonyl (C=O) groups excluding carboxylic acids is 1. The molecule has 8 heteroatoms. The lowest BCUT2D eigenvalue weighted by Gasteiger charge is -2.11. The second kappa shape index (κ2) is 7.97. The zero-order chi connectivity index (χ0) is 18.5. The average molecular weight is 372 g/mol. The van der Waals surface area contributed by atoms with Gasteiger partial charge in [-0.2, -0.15) is 0 Å². The van der Waals surface area contributed by atoms with E-state index in [-0.39, 0.29) is 12.3 Å². The molecule has 3 rings (SSSR count). The predicted molar refractivity (Wildman–Crippen MR) is 100 cm³/mol. The SMILES string of the molecule is CN(C)c1cc(NC(=O)CCc2ncc(-c3ccccc3Cl)o2)ncn1. The van der Waals surface area contributed by atoms with E-state index in [0.29, 0.717) is 34.7 Å². The van der Waals surface area contributed by atoms with Crippen LogP contribution in [-0.4, -0.2) is 35.0 Å². The number of halogens is 1. The summed E-state index contributed by atoms with van der Waals surface area (Å²) in [4.78, 5) is 26.3. The number of aromatic nitrogens is 3.